The van der Waals surface area contributed by atoms with Crippen molar-refractivity contribution in [3.8, 4) is 0 Å². The molecule has 1 amide bonds. The summed E-state index contributed by atoms with van der Waals surface area (Å²) >= 11 is 0. The Morgan fingerprint density at radius 3 is 2.42 bits per heavy atom. The molecule has 24 heavy (non-hydrogen) atoms. The number of pyridine rings is 1. The van der Waals surface area contributed by atoms with E-state index in [1.165, 1.54) is 16.2 Å². The number of carbonyl (C=O) groups is 1. The quantitative estimate of drug-likeness (QED) is 0.848. The molecule has 0 unspecified atom stereocenters. The van der Waals surface area contributed by atoms with E-state index in [0.29, 0.717) is 12.1 Å². The number of benzene rings is 1. The molecule has 5 heteroatoms. The molecule has 0 aliphatic carbocycles. The van der Waals surface area contributed by atoms with Gasteiger partial charge in [-0.3, -0.25) is 14.5 Å². The highest BCUT2D eigenvalue weighted by Gasteiger charge is 2.09. The fourth-order valence-electron chi connectivity index (χ4n) is 2.54. The Kier molecular flexibility index (Phi) is 6.32. The van der Waals surface area contributed by atoms with Gasteiger partial charge in [-0.25, -0.2) is 0 Å². The first-order chi connectivity index (χ1) is 11.5. The van der Waals surface area contributed by atoms with Gasteiger partial charge in [0.05, 0.1) is 0 Å². The predicted octanol–water partition coefficient (Wildman–Crippen LogP) is 2.16. The fourth-order valence-corrected chi connectivity index (χ4v) is 2.54. The maximum Gasteiger partial charge on any atom is 0.251 e. The van der Waals surface area contributed by atoms with Gasteiger partial charge in [0.2, 0.25) is 0 Å². The van der Waals surface area contributed by atoms with E-state index >= 15 is 0 Å². The van der Waals surface area contributed by atoms with Crippen molar-refractivity contribution in [2.75, 3.05) is 13.1 Å². The number of nitrogens with zero attached hydrogens (tertiary/aromatic N) is 2. The van der Waals surface area contributed by atoms with Gasteiger partial charge in [0, 0.05) is 38.0 Å². The van der Waals surface area contributed by atoms with E-state index in [0.717, 1.165) is 25.2 Å². The Labute approximate surface area is 142 Å². The normalized spacial score (nSPS) is 10.8. The Bertz CT molecular complexity index is 748. The van der Waals surface area contributed by atoms with E-state index in [1.54, 1.807) is 19.3 Å². The summed E-state index contributed by atoms with van der Waals surface area (Å²) in [5.41, 5.74) is 2.51. The van der Waals surface area contributed by atoms with E-state index in [-0.39, 0.29) is 11.5 Å². The molecule has 0 radical (unpaired) electrons. The molecule has 0 fully saturated rings. The van der Waals surface area contributed by atoms with Crippen LogP contribution in [0.4, 0.5) is 0 Å². The Hall–Kier alpha value is -2.40. The second-order valence-corrected chi connectivity index (χ2v) is 5.78. The molecule has 0 aliphatic rings. The topological polar surface area (TPSA) is 54.3 Å². The van der Waals surface area contributed by atoms with Crippen LogP contribution >= 0.6 is 0 Å². The lowest BCUT2D eigenvalue weighted by Gasteiger charge is -2.20. The molecule has 0 saturated carbocycles. The highest BCUT2D eigenvalue weighted by molar-refractivity contribution is 5.93. The SMILES string of the molecule is CCN(CC)Cc1ccccc1CNC(=O)c1ccn(C)c(=O)c1. The molecule has 1 aromatic carbocycles. The number of aromatic nitrogens is 1. The summed E-state index contributed by atoms with van der Waals surface area (Å²) < 4.78 is 1.44. The van der Waals surface area contributed by atoms with Crippen LogP contribution in [-0.4, -0.2) is 28.5 Å². The van der Waals surface area contributed by atoms with Crippen molar-refractivity contribution in [3.63, 3.8) is 0 Å². The molecule has 1 N–H and O–H groups in total. The number of hydrogen-bond donors (Lipinski definition) is 1. The number of rotatable bonds is 7. The molecule has 2 aromatic rings. The van der Waals surface area contributed by atoms with Crippen LogP contribution in [0.25, 0.3) is 0 Å². The molecule has 5 nitrogen and oxygen atoms in total. The van der Waals surface area contributed by atoms with Crippen molar-refractivity contribution in [1.82, 2.24) is 14.8 Å². The fraction of sp³-hybridized carbons (Fsp3) is 0.368. The molecule has 0 atom stereocenters. The molecular weight excluding hydrogens is 302 g/mol. The van der Waals surface area contributed by atoms with E-state index in [1.807, 2.05) is 18.2 Å². The highest BCUT2D eigenvalue weighted by atomic mass is 16.2. The van der Waals surface area contributed by atoms with Gasteiger partial charge < -0.3 is 9.88 Å². The van der Waals surface area contributed by atoms with Crippen LogP contribution in [0, 0.1) is 0 Å². The van der Waals surface area contributed by atoms with Crippen LogP contribution in [0.5, 0.6) is 0 Å². The third-order valence-corrected chi connectivity index (χ3v) is 4.21. The summed E-state index contributed by atoms with van der Waals surface area (Å²) in [5.74, 6) is -0.231. The van der Waals surface area contributed by atoms with Crippen LogP contribution in [-0.2, 0) is 20.1 Å². The summed E-state index contributed by atoms with van der Waals surface area (Å²) in [6.45, 7) is 7.58. The van der Waals surface area contributed by atoms with Gasteiger partial charge in [-0.1, -0.05) is 38.1 Å². The molecular formula is C19H25N3O2. The van der Waals surface area contributed by atoms with Crippen LogP contribution < -0.4 is 10.9 Å². The largest absolute Gasteiger partial charge is 0.348 e. The number of aryl methyl sites for hydroxylation is 1. The Morgan fingerprint density at radius 2 is 1.79 bits per heavy atom. The van der Waals surface area contributed by atoms with Gasteiger partial charge in [-0.15, -0.1) is 0 Å². The molecule has 1 heterocycles. The standard InChI is InChI=1S/C19H25N3O2/c1-4-22(5-2)14-17-9-7-6-8-16(17)13-20-19(24)15-10-11-21(3)18(23)12-15/h6-12H,4-5,13-14H2,1-3H3,(H,20,24). The first-order valence-electron chi connectivity index (χ1n) is 8.29. The van der Waals surface area contributed by atoms with Crippen LogP contribution in [0.3, 0.4) is 0 Å². The zero-order chi connectivity index (χ0) is 17.5. The van der Waals surface area contributed by atoms with Gasteiger partial charge in [-0.05, 0) is 30.3 Å². The lowest BCUT2D eigenvalue weighted by molar-refractivity contribution is 0.0950. The minimum atomic E-state index is -0.231. The summed E-state index contributed by atoms with van der Waals surface area (Å²) in [7, 11) is 1.66. The predicted molar refractivity (Wildman–Crippen MR) is 95.9 cm³/mol. The van der Waals surface area contributed by atoms with Gasteiger partial charge >= 0.3 is 0 Å². The zero-order valence-electron chi connectivity index (χ0n) is 14.6. The lowest BCUT2D eigenvalue weighted by atomic mass is 10.1. The third-order valence-electron chi connectivity index (χ3n) is 4.21. The molecule has 0 bridgehead atoms. The average molecular weight is 327 g/mol. The summed E-state index contributed by atoms with van der Waals surface area (Å²) in [5, 5.41) is 2.91. The molecule has 128 valence electrons. The second kappa shape index (κ2) is 8.45. The Morgan fingerprint density at radius 1 is 1.12 bits per heavy atom. The van der Waals surface area contributed by atoms with Gasteiger partial charge in [-0.2, -0.15) is 0 Å². The van der Waals surface area contributed by atoms with Crippen LogP contribution in [0.15, 0.2) is 47.4 Å². The van der Waals surface area contributed by atoms with Gasteiger partial charge in [0.1, 0.15) is 0 Å². The second-order valence-electron chi connectivity index (χ2n) is 5.78. The third kappa shape index (κ3) is 4.55. The van der Waals surface area contributed by atoms with Crippen LogP contribution in [0.1, 0.15) is 35.3 Å². The highest BCUT2D eigenvalue weighted by Crippen LogP contribution is 2.12. The van der Waals surface area contributed by atoms with Crippen molar-refractivity contribution in [2.24, 2.45) is 7.05 Å². The van der Waals surface area contributed by atoms with Gasteiger partial charge in [0.25, 0.3) is 11.5 Å². The van der Waals surface area contributed by atoms with E-state index < -0.39 is 0 Å². The van der Waals surface area contributed by atoms with Crippen molar-refractivity contribution in [2.45, 2.75) is 26.9 Å². The maximum absolute atomic E-state index is 12.3. The minimum absolute atomic E-state index is 0.190. The molecule has 2 rings (SSSR count). The summed E-state index contributed by atoms with van der Waals surface area (Å²) in [4.78, 5) is 26.2. The van der Waals surface area contributed by atoms with E-state index in [4.69, 9.17) is 0 Å². The van der Waals surface area contributed by atoms with E-state index in [9.17, 15) is 9.59 Å². The van der Waals surface area contributed by atoms with Crippen LogP contribution in [0.2, 0.25) is 0 Å². The minimum Gasteiger partial charge on any atom is -0.348 e. The first kappa shape index (κ1) is 17.9. The lowest BCUT2D eigenvalue weighted by Crippen LogP contribution is -2.27. The Balaban J connectivity index is 2.07. The molecule has 1 aromatic heterocycles. The van der Waals surface area contributed by atoms with Crippen molar-refractivity contribution < 1.29 is 4.79 Å². The maximum atomic E-state index is 12.3. The zero-order valence-corrected chi connectivity index (χ0v) is 14.6. The smallest absolute Gasteiger partial charge is 0.251 e. The molecule has 0 spiro atoms. The van der Waals surface area contributed by atoms with E-state index in [2.05, 4.69) is 30.1 Å². The molecule has 0 saturated heterocycles. The summed E-state index contributed by atoms with van der Waals surface area (Å²) in [6.07, 6.45) is 1.60. The number of nitrogens with one attached hydrogen (secondary N) is 1. The van der Waals surface area contributed by atoms with Crippen molar-refractivity contribution in [3.05, 3.63) is 69.6 Å². The molecule has 0 aliphatic heterocycles. The number of amides is 1. The number of carbonyl (C=O) groups excluding carboxylic acids is 1. The first-order valence-corrected chi connectivity index (χ1v) is 8.29. The van der Waals surface area contributed by atoms with Crippen molar-refractivity contribution >= 4 is 5.91 Å². The summed E-state index contributed by atoms with van der Waals surface area (Å²) in [6, 6.07) is 11.1. The van der Waals surface area contributed by atoms with Gasteiger partial charge in [0.15, 0.2) is 0 Å². The van der Waals surface area contributed by atoms with Crippen molar-refractivity contribution in [1.29, 1.82) is 0 Å². The monoisotopic (exact) mass is 327 g/mol. The number of hydrogen-bond acceptors (Lipinski definition) is 3. The average Bonchev–Trinajstić information content (AvgIpc) is 2.60.